The lowest BCUT2D eigenvalue weighted by Crippen LogP contribution is -2.38. The maximum absolute atomic E-state index is 13.2. The van der Waals surface area contributed by atoms with Gasteiger partial charge in [0.1, 0.15) is 6.07 Å². The second-order valence-corrected chi connectivity index (χ2v) is 7.74. The van der Waals surface area contributed by atoms with E-state index in [1.54, 1.807) is 18.9 Å². The standard InChI is InChI=1S/C24H34N4O2/c1-7-9-10-20(8-2)15-28(6)24(30)23(19(5)21(14-25)16-29)27-26-22-12-11-17(3)18(4)13-22/h11-13,16,20,26H,7-10,15H2,1-6H3/b21-19-,27-23?. The number of hydrogen-bond donors (Lipinski definition) is 1. The molecule has 1 amide bonds. The average molecular weight is 411 g/mol. The molecule has 0 fully saturated rings. The van der Waals surface area contributed by atoms with Crippen LogP contribution in [0.1, 0.15) is 57.6 Å². The Balaban J connectivity index is 3.20. The molecule has 30 heavy (non-hydrogen) atoms. The number of aldehydes is 1. The normalized spacial score (nSPS) is 13.2. The number of hydrazone groups is 1. The molecule has 1 N–H and O–H groups in total. The molecule has 0 heterocycles. The third-order valence-corrected chi connectivity index (χ3v) is 5.43. The van der Waals surface area contributed by atoms with Crippen molar-refractivity contribution in [2.75, 3.05) is 19.0 Å². The number of aryl methyl sites for hydroxylation is 2. The van der Waals surface area contributed by atoms with Gasteiger partial charge in [0.2, 0.25) is 0 Å². The first-order valence-corrected chi connectivity index (χ1v) is 10.5. The number of unbranched alkanes of at least 4 members (excludes halogenated alkanes) is 1. The summed E-state index contributed by atoms with van der Waals surface area (Å²) in [5, 5.41) is 13.6. The molecule has 0 aliphatic carbocycles. The van der Waals surface area contributed by atoms with E-state index in [4.69, 9.17) is 0 Å². The molecule has 1 rings (SSSR count). The summed E-state index contributed by atoms with van der Waals surface area (Å²) in [6.07, 6.45) is 4.75. The van der Waals surface area contributed by atoms with Gasteiger partial charge in [-0.05, 0) is 56.4 Å². The molecule has 0 aromatic heterocycles. The van der Waals surface area contributed by atoms with Crippen LogP contribution in [0.25, 0.3) is 0 Å². The van der Waals surface area contributed by atoms with Gasteiger partial charge in [-0.25, -0.2) is 0 Å². The highest BCUT2D eigenvalue weighted by molar-refractivity contribution is 6.45. The van der Waals surface area contributed by atoms with Crippen LogP contribution in [0.15, 0.2) is 34.4 Å². The SMILES string of the molecule is CCCCC(CC)CN(C)C(=O)C(=NNc1ccc(C)c(C)c1)/C(C)=C(/C#N)C=O. The average Bonchev–Trinajstić information content (AvgIpc) is 2.74. The van der Waals surface area contributed by atoms with E-state index in [0.29, 0.717) is 18.7 Å². The Hall–Kier alpha value is -2.94. The second kappa shape index (κ2) is 12.6. The van der Waals surface area contributed by atoms with Crippen LogP contribution in [0.2, 0.25) is 0 Å². The van der Waals surface area contributed by atoms with Gasteiger partial charge in [-0.3, -0.25) is 15.0 Å². The predicted molar refractivity (Wildman–Crippen MR) is 122 cm³/mol. The van der Waals surface area contributed by atoms with E-state index in [9.17, 15) is 14.9 Å². The van der Waals surface area contributed by atoms with Crippen molar-refractivity contribution in [1.82, 2.24) is 4.90 Å². The molecular weight excluding hydrogens is 376 g/mol. The molecule has 6 nitrogen and oxygen atoms in total. The first-order chi connectivity index (χ1) is 14.3. The number of amides is 1. The molecular formula is C24H34N4O2. The first kappa shape index (κ1) is 25.1. The summed E-state index contributed by atoms with van der Waals surface area (Å²) >= 11 is 0. The molecule has 0 spiro atoms. The topological polar surface area (TPSA) is 85.6 Å². The fourth-order valence-electron chi connectivity index (χ4n) is 3.12. The Labute approximate surface area is 180 Å². The Bertz CT molecular complexity index is 849. The van der Waals surface area contributed by atoms with Crippen molar-refractivity contribution in [3.63, 3.8) is 0 Å². The van der Waals surface area contributed by atoms with E-state index >= 15 is 0 Å². The lowest BCUT2D eigenvalue weighted by atomic mass is 9.98. The number of nitrogens with one attached hydrogen (secondary N) is 1. The summed E-state index contributed by atoms with van der Waals surface area (Å²) in [6.45, 7) is 10.5. The van der Waals surface area contributed by atoms with Gasteiger partial charge in [0, 0.05) is 19.2 Å². The van der Waals surface area contributed by atoms with Crippen LogP contribution < -0.4 is 5.43 Å². The number of hydrogen-bond acceptors (Lipinski definition) is 5. The summed E-state index contributed by atoms with van der Waals surface area (Å²) in [5.41, 5.74) is 6.14. The van der Waals surface area contributed by atoms with E-state index in [2.05, 4.69) is 24.4 Å². The Morgan fingerprint density at radius 2 is 2.00 bits per heavy atom. The summed E-state index contributed by atoms with van der Waals surface area (Å²) < 4.78 is 0. The molecule has 0 bridgehead atoms. The van der Waals surface area contributed by atoms with E-state index < -0.39 is 0 Å². The van der Waals surface area contributed by atoms with Gasteiger partial charge in [0.05, 0.1) is 11.3 Å². The molecule has 1 aromatic rings. The Kier molecular flexibility index (Phi) is 10.5. The molecule has 0 saturated heterocycles. The van der Waals surface area contributed by atoms with E-state index in [1.165, 1.54) is 0 Å². The van der Waals surface area contributed by atoms with Crippen molar-refractivity contribution < 1.29 is 9.59 Å². The van der Waals surface area contributed by atoms with E-state index in [0.717, 1.165) is 42.5 Å². The number of anilines is 1. The predicted octanol–water partition coefficient (Wildman–Crippen LogP) is 4.79. The van der Waals surface area contributed by atoms with Crippen LogP contribution in [0.4, 0.5) is 5.69 Å². The Morgan fingerprint density at radius 3 is 2.53 bits per heavy atom. The van der Waals surface area contributed by atoms with Crippen LogP contribution in [0, 0.1) is 31.1 Å². The Morgan fingerprint density at radius 1 is 1.30 bits per heavy atom. The fourth-order valence-corrected chi connectivity index (χ4v) is 3.12. The summed E-state index contributed by atoms with van der Waals surface area (Å²) in [6, 6.07) is 7.63. The van der Waals surface area contributed by atoms with E-state index in [-0.39, 0.29) is 22.8 Å². The third kappa shape index (κ3) is 7.14. The fraction of sp³-hybridized carbons (Fsp3) is 0.500. The summed E-state index contributed by atoms with van der Waals surface area (Å²) in [5.74, 6) is 0.0898. The number of nitrogens with zero attached hydrogens (tertiary/aromatic N) is 3. The molecule has 1 atom stereocenters. The van der Waals surface area contributed by atoms with Gasteiger partial charge in [0.15, 0.2) is 12.0 Å². The lowest BCUT2D eigenvalue weighted by Gasteiger charge is -2.24. The second-order valence-electron chi connectivity index (χ2n) is 7.74. The van der Waals surface area contributed by atoms with Crippen molar-refractivity contribution in [3.05, 3.63) is 40.5 Å². The molecule has 0 aliphatic rings. The minimum Gasteiger partial charge on any atom is -0.340 e. The van der Waals surface area contributed by atoms with Crippen molar-refractivity contribution in [2.45, 2.75) is 60.3 Å². The molecule has 6 heteroatoms. The minimum atomic E-state index is -0.312. The van der Waals surface area contributed by atoms with E-state index in [1.807, 2.05) is 38.1 Å². The van der Waals surface area contributed by atoms with Crippen LogP contribution in [-0.4, -0.2) is 36.4 Å². The molecule has 162 valence electrons. The number of benzene rings is 1. The quantitative estimate of drug-likeness (QED) is 0.187. The van der Waals surface area contributed by atoms with Crippen LogP contribution in [0.5, 0.6) is 0 Å². The number of allylic oxidation sites excluding steroid dienone is 1. The molecule has 0 radical (unpaired) electrons. The number of rotatable bonds is 11. The molecule has 0 saturated carbocycles. The summed E-state index contributed by atoms with van der Waals surface area (Å²) in [4.78, 5) is 26.1. The minimum absolute atomic E-state index is 0.0738. The van der Waals surface area contributed by atoms with Gasteiger partial charge >= 0.3 is 0 Å². The largest absolute Gasteiger partial charge is 0.340 e. The highest BCUT2D eigenvalue weighted by Crippen LogP contribution is 2.17. The van der Waals surface area contributed by atoms with Gasteiger partial charge in [0.25, 0.3) is 5.91 Å². The van der Waals surface area contributed by atoms with Gasteiger partial charge in [-0.2, -0.15) is 10.4 Å². The zero-order valence-electron chi connectivity index (χ0n) is 19.1. The van der Waals surface area contributed by atoms with Gasteiger partial charge in [-0.15, -0.1) is 0 Å². The van der Waals surface area contributed by atoms with Crippen molar-refractivity contribution in [1.29, 1.82) is 5.26 Å². The van der Waals surface area contributed by atoms with Crippen LogP contribution in [0.3, 0.4) is 0 Å². The van der Waals surface area contributed by atoms with Crippen molar-refractivity contribution >= 4 is 23.6 Å². The smallest absolute Gasteiger partial charge is 0.274 e. The number of carbonyl (C=O) groups excluding carboxylic acids is 2. The monoisotopic (exact) mass is 410 g/mol. The summed E-state index contributed by atoms with van der Waals surface area (Å²) in [7, 11) is 1.74. The highest BCUT2D eigenvalue weighted by atomic mass is 16.2. The maximum atomic E-state index is 13.2. The first-order valence-electron chi connectivity index (χ1n) is 10.5. The van der Waals surface area contributed by atoms with Crippen molar-refractivity contribution in [3.8, 4) is 6.07 Å². The lowest BCUT2D eigenvalue weighted by molar-refractivity contribution is -0.123. The molecule has 0 aliphatic heterocycles. The van der Waals surface area contributed by atoms with Crippen molar-refractivity contribution in [2.24, 2.45) is 11.0 Å². The zero-order chi connectivity index (χ0) is 22.7. The number of nitriles is 1. The van der Waals surface area contributed by atoms with Gasteiger partial charge < -0.3 is 4.90 Å². The maximum Gasteiger partial charge on any atom is 0.274 e. The highest BCUT2D eigenvalue weighted by Gasteiger charge is 2.23. The van der Waals surface area contributed by atoms with Crippen LogP contribution in [-0.2, 0) is 9.59 Å². The van der Waals surface area contributed by atoms with Crippen LogP contribution >= 0.6 is 0 Å². The molecule has 1 aromatic carbocycles. The third-order valence-electron chi connectivity index (χ3n) is 5.43. The number of carbonyl (C=O) groups is 2. The van der Waals surface area contributed by atoms with Gasteiger partial charge in [-0.1, -0.05) is 39.2 Å². The molecule has 1 unspecified atom stereocenters. The zero-order valence-corrected chi connectivity index (χ0v) is 19.1.